The van der Waals surface area contributed by atoms with Gasteiger partial charge in [0.15, 0.2) is 0 Å². The first-order chi connectivity index (χ1) is 9.54. The molecule has 0 unspecified atom stereocenters. The molecule has 0 atom stereocenters. The van der Waals surface area contributed by atoms with Crippen LogP contribution in [0.5, 0.6) is 0 Å². The van der Waals surface area contributed by atoms with E-state index in [1.165, 1.54) is 12.1 Å². The molecule has 0 radical (unpaired) electrons. The van der Waals surface area contributed by atoms with Gasteiger partial charge in [-0.3, -0.25) is 0 Å². The van der Waals surface area contributed by atoms with Crippen molar-refractivity contribution in [3.63, 3.8) is 0 Å². The van der Waals surface area contributed by atoms with Gasteiger partial charge in [0.25, 0.3) is 0 Å². The first kappa shape index (κ1) is 12.6. The molecule has 0 bridgehead atoms. The van der Waals surface area contributed by atoms with Crippen LogP contribution in [0.25, 0.3) is 11.0 Å². The van der Waals surface area contributed by atoms with Crippen LogP contribution >= 0.6 is 0 Å². The van der Waals surface area contributed by atoms with Crippen molar-refractivity contribution in [2.75, 3.05) is 5.73 Å². The van der Waals surface area contributed by atoms with E-state index >= 15 is 0 Å². The normalized spacial score (nSPS) is 11.2. The van der Waals surface area contributed by atoms with E-state index in [0.29, 0.717) is 11.5 Å². The molecule has 5 heteroatoms. The number of halogens is 2. The Bertz CT molecular complexity index is 793. The molecule has 0 fully saturated rings. The number of rotatable bonds is 2. The molecule has 1 heterocycles. The van der Waals surface area contributed by atoms with Crippen molar-refractivity contribution in [3.05, 3.63) is 59.2 Å². The molecule has 0 saturated heterocycles. The van der Waals surface area contributed by atoms with Gasteiger partial charge in [-0.15, -0.1) is 0 Å². The van der Waals surface area contributed by atoms with Crippen molar-refractivity contribution in [2.24, 2.45) is 0 Å². The third-order valence-electron chi connectivity index (χ3n) is 3.28. The van der Waals surface area contributed by atoms with E-state index < -0.39 is 11.6 Å². The number of fused-ring (bicyclic) bond motifs is 1. The summed E-state index contributed by atoms with van der Waals surface area (Å²) in [5, 5.41) is 0. The van der Waals surface area contributed by atoms with Gasteiger partial charge in [-0.2, -0.15) is 0 Å². The largest absolute Gasteiger partial charge is 0.369 e. The van der Waals surface area contributed by atoms with E-state index in [9.17, 15) is 8.78 Å². The van der Waals surface area contributed by atoms with Gasteiger partial charge in [-0.1, -0.05) is 12.1 Å². The summed E-state index contributed by atoms with van der Waals surface area (Å²) in [4.78, 5) is 4.24. The fraction of sp³-hybridized carbons (Fsp3) is 0.133. The number of aryl methyl sites for hydroxylation is 1. The van der Waals surface area contributed by atoms with Crippen LogP contribution in [0.3, 0.4) is 0 Å². The number of benzene rings is 2. The third-order valence-corrected chi connectivity index (χ3v) is 3.28. The monoisotopic (exact) mass is 273 g/mol. The van der Waals surface area contributed by atoms with E-state index in [4.69, 9.17) is 5.73 Å². The Morgan fingerprint density at radius 2 is 1.95 bits per heavy atom. The predicted octanol–water partition coefficient (Wildman–Crippen LogP) is 3.25. The van der Waals surface area contributed by atoms with Crippen LogP contribution in [-0.4, -0.2) is 9.55 Å². The van der Waals surface area contributed by atoms with Gasteiger partial charge in [0.1, 0.15) is 11.6 Å². The van der Waals surface area contributed by atoms with Gasteiger partial charge in [-0.25, -0.2) is 13.8 Å². The van der Waals surface area contributed by atoms with E-state index in [1.807, 2.05) is 25.1 Å². The van der Waals surface area contributed by atoms with Crippen LogP contribution in [0.1, 0.15) is 11.1 Å². The van der Waals surface area contributed by atoms with Gasteiger partial charge in [0.2, 0.25) is 5.95 Å². The lowest BCUT2D eigenvalue weighted by Crippen LogP contribution is -2.06. The number of nitrogens with two attached hydrogens (primary N) is 1. The summed E-state index contributed by atoms with van der Waals surface area (Å²) >= 11 is 0. The molecule has 0 aliphatic heterocycles. The summed E-state index contributed by atoms with van der Waals surface area (Å²) in [6.45, 7) is 2.18. The van der Waals surface area contributed by atoms with Crippen molar-refractivity contribution >= 4 is 17.0 Å². The highest BCUT2D eigenvalue weighted by atomic mass is 19.1. The molecule has 3 rings (SSSR count). The second kappa shape index (κ2) is 4.59. The zero-order valence-electron chi connectivity index (χ0n) is 10.9. The number of aromatic nitrogens is 2. The summed E-state index contributed by atoms with van der Waals surface area (Å²) < 4.78 is 28.4. The zero-order chi connectivity index (χ0) is 14.3. The molecule has 3 aromatic rings. The Balaban J connectivity index is 2.10. The highest BCUT2D eigenvalue weighted by Crippen LogP contribution is 2.21. The maximum Gasteiger partial charge on any atom is 0.201 e. The maximum absolute atomic E-state index is 13.7. The standard InChI is InChI=1S/C15H13F2N3/c1-9-2-5-13-14(6-9)20(15(18)19-13)8-10-3-4-11(16)7-12(10)17/h2-7H,8H2,1H3,(H2,18,19). The van der Waals surface area contributed by atoms with Crippen molar-refractivity contribution in [1.29, 1.82) is 0 Å². The zero-order valence-corrected chi connectivity index (χ0v) is 10.9. The Labute approximate surface area is 114 Å². The predicted molar refractivity (Wildman–Crippen MR) is 74.3 cm³/mol. The lowest BCUT2D eigenvalue weighted by atomic mass is 10.2. The van der Waals surface area contributed by atoms with Crippen LogP contribution in [-0.2, 0) is 6.54 Å². The Morgan fingerprint density at radius 3 is 2.70 bits per heavy atom. The molecular formula is C15H13F2N3. The molecule has 20 heavy (non-hydrogen) atoms. The summed E-state index contributed by atoms with van der Waals surface area (Å²) in [7, 11) is 0. The minimum absolute atomic E-state index is 0.220. The van der Waals surface area contributed by atoms with E-state index in [-0.39, 0.29) is 6.54 Å². The van der Waals surface area contributed by atoms with Gasteiger partial charge < -0.3 is 10.3 Å². The molecule has 0 aliphatic rings. The van der Waals surface area contributed by atoms with Gasteiger partial charge in [-0.05, 0) is 30.7 Å². The average molecular weight is 273 g/mol. The van der Waals surface area contributed by atoms with Crippen LogP contribution in [0.15, 0.2) is 36.4 Å². The van der Waals surface area contributed by atoms with Crippen molar-refractivity contribution in [1.82, 2.24) is 9.55 Å². The first-order valence-electron chi connectivity index (χ1n) is 6.21. The minimum Gasteiger partial charge on any atom is -0.369 e. The fourth-order valence-corrected chi connectivity index (χ4v) is 2.24. The van der Waals surface area contributed by atoms with Crippen molar-refractivity contribution < 1.29 is 8.78 Å². The van der Waals surface area contributed by atoms with Crippen LogP contribution in [0, 0.1) is 18.6 Å². The highest BCUT2D eigenvalue weighted by molar-refractivity contribution is 5.79. The molecule has 0 aliphatic carbocycles. The van der Waals surface area contributed by atoms with E-state index in [0.717, 1.165) is 22.7 Å². The van der Waals surface area contributed by atoms with Gasteiger partial charge >= 0.3 is 0 Å². The summed E-state index contributed by atoms with van der Waals surface area (Å²) in [5.74, 6) is -0.862. The number of imidazole rings is 1. The SMILES string of the molecule is Cc1ccc2nc(N)n(Cc3ccc(F)cc3F)c2c1. The van der Waals surface area contributed by atoms with Gasteiger partial charge in [0, 0.05) is 11.6 Å². The Hall–Kier alpha value is -2.43. The number of anilines is 1. The molecule has 3 nitrogen and oxygen atoms in total. The van der Waals surface area contributed by atoms with Crippen molar-refractivity contribution in [3.8, 4) is 0 Å². The number of hydrogen-bond donors (Lipinski definition) is 1. The first-order valence-corrected chi connectivity index (χ1v) is 6.21. The topological polar surface area (TPSA) is 43.8 Å². The summed E-state index contributed by atoms with van der Waals surface area (Å²) in [6, 6.07) is 9.29. The minimum atomic E-state index is -0.592. The molecule has 0 saturated carbocycles. The van der Waals surface area contributed by atoms with Crippen molar-refractivity contribution in [2.45, 2.75) is 13.5 Å². The maximum atomic E-state index is 13.7. The van der Waals surface area contributed by atoms with Crippen LogP contribution in [0.2, 0.25) is 0 Å². The molecule has 102 valence electrons. The number of nitrogen functional groups attached to an aromatic ring is 1. The Kier molecular flexibility index (Phi) is 2.89. The second-order valence-electron chi connectivity index (χ2n) is 4.78. The number of nitrogens with zero attached hydrogens (tertiary/aromatic N) is 2. The summed E-state index contributed by atoms with van der Waals surface area (Å²) in [5.41, 5.74) is 8.93. The lowest BCUT2D eigenvalue weighted by Gasteiger charge is -2.08. The van der Waals surface area contributed by atoms with Crippen LogP contribution < -0.4 is 5.73 Å². The highest BCUT2D eigenvalue weighted by Gasteiger charge is 2.11. The lowest BCUT2D eigenvalue weighted by molar-refractivity contribution is 0.568. The summed E-state index contributed by atoms with van der Waals surface area (Å²) in [6.07, 6.45) is 0. The average Bonchev–Trinajstić information content (AvgIpc) is 2.69. The molecular weight excluding hydrogens is 260 g/mol. The second-order valence-corrected chi connectivity index (χ2v) is 4.78. The molecule has 2 N–H and O–H groups in total. The molecule has 1 aromatic heterocycles. The smallest absolute Gasteiger partial charge is 0.201 e. The third kappa shape index (κ3) is 2.11. The van der Waals surface area contributed by atoms with Crippen LogP contribution in [0.4, 0.5) is 14.7 Å². The van der Waals surface area contributed by atoms with Gasteiger partial charge in [0.05, 0.1) is 17.6 Å². The fourth-order valence-electron chi connectivity index (χ4n) is 2.24. The number of hydrogen-bond acceptors (Lipinski definition) is 2. The molecule has 0 amide bonds. The van der Waals surface area contributed by atoms with E-state index in [1.54, 1.807) is 4.57 Å². The Morgan fingerprint density at radius 1 is 1.15 bits per heavy atom. The molecule has 2 aromatic carbocycles. The quantitative estimate of drug-likeness (QED) is 0.779. The van der Waals surface area contributed by atoms with E-state index in [2.05, 4.69) is 4.98 Å². The molecule has 0 spiro atoms.